The first-order valence-electron chi connectivity index (χ1n) is 11.8. The highest BCUT2D eigenvalue weighted by molar-refractivity contribution is 7.92. The van der Waals surface area contributed by atoms with Crippen molar-refractivity contribution in [2.45, 2.75) is 18.4 Å². The molecule has 194 valence electrons. The minimum absolute atomic E-state index is 0.0185. The molecule has 10 heteroatoms. The lowest BCUT2D eigenvalue weighted by atomic mass is 10.1. The van der Waals surface area contributed by atoms with E-state index in [2.05, 4.69) is 33.7 Å². The van der Waals surface area contributed by atoms with Crippen LogP contribution in [-0.4, -0.2) is 25.5 Å². The maximum absolute atomic E-state index is 12.7. The Morgan fingerprint density at radius 1 is 0.842 bits per heavy atom. The van der Waals surface area contributed by atoms with Gasteiger partial charge in [0.25, 0.3) is 15.9 Å². The first-order chi connectivity index (χ1) is 18.2. The third-order valence-electron chi connectivity index (χ3n) is 5.99. The monoisotopic (exact) mass is 567 g/mol. The standard InChI is InChI=1S/C28H23Cl2N3O4S/c1-2-33-26-6-4-3-5-24(26)25-16-20(7-12-27(25)33)31-28(34)17-37-22-8-10-23(11-9-22)38(35,36)32-21-14-18(29)13-19(30)15-21/h3-16,32H,2,17H2,1H3,(H,31,34). The summed E-state index contributed by atoms with van der Waals surface area (Å²) in [5, 5.41) is 5.67. The Morgan fingerprint density at radius 2 is 1.53 bits per heavy atom. The van der Waals surface area contributed by atoms with Crippen LogP contribution in [0.25, 0.3) is 21.8 Å². The molecular weight excluding hydrogens is 545 g/mol. The number of hydrogen-bond donors (Lipinski definition) is 2. The number of aryl methyl sites for hydroxylation is 1. The number of nitrogens with zero attached hydrogens (tertiary/aromatic N) is 1. The van der Waals surface area contributed by atoms with Crippen molar-refractivity contribution in [2.75, 3.05) is 16.6 Å². The van der Waals surface area contributed by atoms with Crippen LogP contribution in [0.2, 0.25) is 10.0 Å². The molecule has 1 heterocycles. The lowest BCUT2D eigenvalue weighted by Crippen LogP contribution is -2.20. The predicted molar refractivity (Wildman–Crippen MR) is 153 cm³/mol. The third kappa shape index (κ3) is 5.43. The molecule has 5 aromatic rings. The Labute approximate surface area is 230 Å². The molecule has 2 N–H and O–H groups in total. The van der Waals surface area contributed by atoms with Crippen molar-refractivity contribution in [2.24, 2.45) is 0 Å². The molecule has 0 bridgehead atoms. The van der Waals surface area contributed by atoms with E-state index in [0.717, 1.165) is 28.4 Å². The Hall–Kier alpha value is -3.72. The number of rotatable bonds is 8. The van der Waals surface area contributed by atoms with Gasteiger partial charge in [0.05, 0.1) is 10.6 Å². The van der Waals surface area contributed by atoms with Gasteiger partial charge in [0, 0.05) is 44.1 Å². The summed E-state index contributed by atoms with van der Waals surface area (Å²) >= 11 is 11.9. The van der Waals surface area contributed by atoms with Crippen molar-refractivity contribution < 1.29 is 17.9 Å². The van der Waals surface area contributed by atoms with Gasteiger partial charge in [-0.15, -0.1) is 0 Å². The first-order valence-corrected chi connectivity index (χ1v) is 14.0. The van der Waals surface area contributed by atoms with E-state index in [1.807, 2.05) is 30.3 Å². The van der Waals surface area contributed by atoms with Crippen LogP contribution in [0.5, 0.6) is 5.75 Å². The number of para-hydroxylation sites is 1. The second-order valence-electron chi connectivity index (χ2n) is 8.57. The number of aromatic nitrogens is 1. The molecule has 0 aliphatic carbocycles. The number of halogens is 2. The van der Waals surface area contributed by atoms with Gasteiger partial charge >= 0.3 is 0 Å². The van der Waals surface area contributed by atoms with Crippen LogP contribution < -0.4 is 14.8 Å². The van der Waals surface area contributed by atoms with Crippen LogP contribution in [-0.2, 0) is 21.4 Å². The van der Waals surface area contributed by atoms with E-state index in [9.17, 15) is 13.2 Å². The van der Waals surface area contributed by atoms with Gasteiger partial charge in [-0.2, -0.15) is 0 Å². The van der Waals surface area contributed by atoms with Gasteiger partial charge in [0.1, 0.15) is 5.75 Å². The zero-order chi connectivity index (χ0) is 26.9. The second-order valence-corrected chi connectivity index (χ2v) is 11.1. The van der Waals surface area contributed by atoms with E-state index >= 15 is 0 Å². The molecule has 38 heavy (non-hydrogen) atoms. The summed E-state index contributed by atoms with van der Waals surface area (Å²) in [7, 11) is -3.87. The van der Waals surface area contributed by atoms with Crippen molar-refractivity contribution in [3.8, 4) is 5.75 Å². The van der Waals surface area contributed by atoms with Crippen LogP contribution in [0.3, 0.4) is 0 Å². The average Bonchev–Trinajstić information content (AvgIpc) is 3.20. The van der Waals surface area contributed by atoms with Crippen LogP contribution >= 0.6 is 23.2 Å². The van der Waals surface area contributed by atoms with Gasteiger partial charge in [-0.3, -0.25) is 9.52 Å². The molecular formula is C28H23Cl2N3O4S. The molecule has 0 saturated carbocycles. The fourth-order valence-electron chi connectivity index (χ4n) is 4.36. The number of benzene rings is 4. The summed E-state index contributed by atoms with van der Waals surface area (Å²) in [6.45, 7) is 2.71. The van der Waals surface area contributed by atoms with E-state index in [1.165, 1.54) is 42.5 Å². The summed E-state index contributed by atoms with van der Waals surface area (Å²) in [5.74, 6) is 0.0196. The van der Waals surface area contributed by atoms with Gasteiger partial charge < -0.3 is 14.6 Å². The number of anilines is 2. The maximum Gasteiger partial charge on any atom is 0.262 e. The van der Waals surface area contributed by atoms with Crippen LogP contribution in [0, 0.1) is 0 Å². The highest BCUT2D eigenvalue weighted by Crippen LogP contribution is 2.31. The minimum Gasteiger partial charge on any atom is -0.484 e. The van der Waals surface area contributed by atoms with Crippen LogP contribution in [0.15, 0.2) is 89.8 Å². The second kappa shape index (κ2) is 10.6. The summed E-state index contributed by atoms with van der Waals surface area (Å²) in [6.07, 6.45) is 0. The molecule has 5 rings (SSSR count). The first kappa shape index (κ1) is 25.9. The number of amides is 1. The predicted octanol–water partition coefficient (Wildman–Crippen LogP) is 6.94. The molecule has 0 aliphatic heterocycles. The number of carbonyl (C=O) groups excluding carboxylic acids is 1. The molecule has 0 radical (unpaired) electrons. The Kier molecular flexibility index (Phi) is 7.21. The normalized spacial score (nSPS) is 11.6. The van der Waals surface area contributed by atoms with Gasteiger partial charge in [0.15, 0.2) is 6.61 Å². The van der Waals surface area contributed by atoms with Crippen LogP contribution in [0.1, 0.15) is 6.92 Å². The van der Waals surface area contributed by atoms with E-state index in [-0.39, 0.29) is 23.1 Å². The lowest BCUT2D eigenvalue weighted by Gasteiger charge is -2.11. The van der Waals surface area contributed by atoms with Crippen molar-refractivity contribution in [3.63, 3.8) is 0 Å². The topological polar surface area (TPSA) is 89.4 Å². The van der Waals surface area contributed by atoms with E-state index in [1.54, 1.807) is 0 Å². The van der Waals surface area contributed by atoms with E-state index in [4.69, 9.17) is 27.9 Å². The highest BCUT2D eigenvalue weighted by Gasteiger charge is 2.16. The summed E-state index contributed by atoms with van der Waals surface area (Å²) in [4.78, 5) is 12.6. The number of sulfonamides is 1. The van der Waals surface area contributed by atoms with Gasteiger partial charge in [0.2, 0.25) is 0 Å². The number of fused-ring (bicyclic) bond motifs is 3. The lowest BCUT2D eigenvalue weighted by molar-refractivity contribution is -0.118. The minimum atomic E-state index is -3.87. The largest absolute Gasteiger partial charge is 0.484 e. The number of nitrogens with one attached hydrogen (secondary N) is 2. The quantitative estimate of drug-likeness (QED) is 0.212. The molecule has 0 unspecified atom stereocenters. The van der Waals surface area contributed by atoms with Crippen molar-refractivity contribution in [3.05, 3.63) is 95.0 Å². The summed E-state index contributed by atoms with van der Waals surface area (Å²) in [6, 6.07) is 24.2. The number of ether oxygens (including phenoxy) is 1. The van der Waals surface area contributed by atoms with Crippen molar-refractivity contribution >= 4 is 72.3 Å². The fraction of sp³-hybridized carbons (Fsp3) is 0.107. The summed E-state index contributed by atoms with van der Waals surface area (Å²) < 4.78 is 35.6. The highest BCUT2D eigenvalue weighted by atomic mass is 35.5. The van der Waals surface area contributed by atoms with Crippen molar-refractivity contribution in [1.29, 1.82) is 0 Å². The fourth-order valence-corrected chi connectivity index (χ4v) is 5.93. The molecule has 0 spiro atoms. The smallest absolute Gasteiger partial charge is 0.262 e. The molecule has 0 aliphatic rings. The Morgan fingerprint density at radius 3 is 2.24 bits per heavy atom. The molecule has 0 saturated heterocycles. The molecule has 1 amide bonds. The Balaban J connectivity index is 1.23. The zero-order valence-corrected chi connectivity index (χ0v) is 22.6. The molecule has 0 atom stereocenters. The molecule has 0 fully saturated rings. The van der Waals surface area contributed by atoms with Crippen LogP contribution in [0.4, 0.5) is 11.4 Å². The summed E-state index contributed by atoms with van der Waals surface area (Å²) in [5.41, 5.74) is 3.16. The van der Waals surface area contributed by atoms with Gasteiger partial charge in [-0.1, -0.05) is 41.4 Å². The third-order valence-corrected chi connectivity index (χ3v) is 7.82. The SMILES string of the molecule is CCn1c2ccccc2c2cc(NC(=O)COc3ccc(S(=O)(=O)Nc4cc(Cl)cc(Cl)c4)cc3)ccc21. The Bertz CT molecular complexity index is 1750. The molecule has 1 aromatic heterocycles. The zero-order valence-electron chi connectivity index (χ0n) is 20.2. The number of hydrogen-bond acceptors (Lipinski definition) is 4. The van der Waals surface area contributed by atoms with E-state index < -0.39 is 10.0 Å². The maximum atomic E-state index is 12.7. The van der Waals surface area contributed by atoms with Crippen molar-refractivity contribution in [1.82, 2.24) is 4.57 Å². The molecule has 7 nitrogen and oxygen atoms in total. The molecule has 4 aromatic carbocycles. The van der Waals surface area contributed by atoms with Gasteiger partial charge in [-0.05, 0) is 73.7 Å². The van der Waals surface area contributed by atoms with Gasteiger partial charge in [-0.25, -0.2) is 8.42 Å². The average molecular weight is 568 g/mol. The van der Waals surface area contributed by atoms with E-state index in [0.29, 0.717) is 21.5 Å². The number of carbonyl (C=O) groups is 1.